The van der Waals surface area contributed by atoms with E-state index in [9.17, 15) is 14.4 Å². The third-order valence-corrected chi connectivity index (χ3v) is 7.65. The van der Waals surface area contributed by atoms with E-state index in [2.05, 4.69) is 4.98 Å². The van der Waals surface area contributed by atoms with Gasteiger partial charge in [-0.05, 0) is 36.4 Å². The standard InChI is InChI=1S/C25H23N3O6S2/c29-22(27-10-3-6-17(14-27)33-25(31)32)9-11-28(23(30)21-8-4-12-35-21)24-26-18(15-36-24)20-13-16-5-1-2-7-19(16)34-20/h1-2,4-5,7-8,12-13,15,17H,3,6,9-11,14H2,(H,31,32). The number of ether oxygens (including phenoxy) is 1. The van der Waals surface area contributed by atoms with Crippen molar-refractivity contribution in [3.8, 4) is 11.5 Å². The van der Waals surface area contributed by atoms with Crippen LogP contribution in [0.4, 0.5) is 9.93 Å². The topological polar surface area (TPSA) is 113 Å². The van der Waals surface area contributed by atoms with Crippen molar-refractivity contribution in [1.82, 2.24) is 9.88 Å². The summed E-state index contributed by atoms with van der Waals surface area (Å²) in [5.41, 5.74) is 1.37. The van der Waals surface area contributed by atoms with E-state index in [1.54, 1.807) is 17.0 Å². The summed E-state index contributed by atoms with van der Waals surface area (Å²) in [5.74, 6) is 0.219. The SMILES string of the molecule is O=C(O)OC1CCCN(C(=O)CCN(C(=O)c2cccs2)c2nc(-c3cc4ccccc4o3)cs2)C1. The van der Waals surface area contributed by atoms with Gasteiger partial charge >= 0.3 is 6.16 Å². The third kappa shape index (κ3) is 5.26. The van der Waals surface area contributed by atoms with E-state index in [1.165, 1.54) is 27.6 Å². The number of aromatic nitrogens is 1. The molecule has 3 aromatic heterocycles. The van der Waals surface area contributed by atoms with Gasteiger partial charge in [-0.15, -0.1) is 22.7 Å². The molecule has 1 fully saturated rings. The molecular weight excluding hydrogens is 502 g/mol. The fraction of sp³-hybridized carbons (Fsp3) is 0.280. The summed E-state index contributed by atoms with van der Waals surface area (Å²) in [6.45, 7) is 0.895. The van der Waals surface area contributed by atoms with Gasteiger partial charge in [-0.25, -0.2) is 9.78 Å². The predicted octanol–water partition coefficient (Wildman–Crippen LogP) is 5.34. The molecule has 0 spiro atoms. The summed E-state index contributed by atoms with van der Waals surface area (Å²) in [6.07, 6.45) is -0.547. The number of benzene rings is 1. The molecule has 1 aliphatic heterocycles. The maximum Gasteiger partial charge on any atom is 0.506 e. The van der Waals surface area contributed by atoms with Crippen molar-refractivity contribution in [3.63, 3.8) is 0 Å². The van der Waals surface area contributed by atoms with Crippen LogP contribution >= 0.6 is 22.7 Å². The summed E-state index contributed by atoms with van der Waals surface area (Å²) < 4.78 is 10.8. The monoisotopic (exact) mass is 525 g/mol. The highest BCUT2D eigenvalue weighted by Gasteiger charge is 2.28. The van der Waals surface area contributed by atoms with Crippen LogP contribution in [0.15, 0.2) is 57.6 Å². The molecule has 186 valence electrons. The molecule has 0 saturated carbocycles. The second-order valence-corrected chi connectivity index (χ2v) is 10.1. The van der Waals surface area contributed by atoms with Crippen LogP contribution in [0, 0.1) is 0 Å². The lowest BCUT2D eigenvalue weighted by Gasteiger charge is -2.32. The molecule has 1 saturated heterocycles. The lowest BCUT2D eigenvalue weighted by molar-refractivity contribution is -0.134. The van der Waals surface area contributed by atoms with Crippen molar-refractivity contribution in [3.05, 3.63) is 58.1 Å². The first kappa shape index (κ1) is 24.0. The van der Waals surface area contributed by atoms with Crippen LogP contribution in [-0.2, 0) is 9.53 Å². The van der Waals surface area contributed by atoms with Crippen molar-refractivity contribution in [2.24, 2.45) is 0 Å². The maximum atomic E-state index is 13.3. The van der Waals surface area contributed by atoms with Crippen molar-refractivity contribution in [1.29, 1.82) is 0 Å². The summed E-state index contributed by atoms with van der Waals surface area (Å²) in [7, 11) is 0. The zero-order valence-corrected chi connectivity index (χ0v) is 20.8. The van der Waals surface area contributed by atoms with E-state index in [1.807, 2.05) is 41.1 Å². The summed E-state index contributed by atoms with van der Waals surface area (Å²) in [5, 5.41) is 14.0. The molecule has 0 aliphatic carbocycles. The number of likely N-dealkylation sites (tertiary alicyclic amines) is 1. The number of para-hydroxylation sites is 1. The van der Waals surface area contributed by atoms with Crippen LogP contribution in [-0.4, -0.2) is 58.7 Å². The Morgan fingerprint density at radius 3 is 2.83 bits per heavy atom. The van der Waals surface area contributed by atoms with Gasteiger partial charge in [0, 0.05) is 30.3 Å². The molecule has 1 aromatic carbocycles. The Hall–Kier alpha value is -3.70. The van der Waals surface area contributed by atoms with Crippen LogP contribution in [0.3, 0.4) is 0 Å². The minimum Gasteiger partial charge on any atom is -0.454 e. The van der Waals surface area contributed by atoms with E-state index < -0.39 is 12.3 Å². The highest BCUT2D eigenvalue weighted by Crippen LogP contribution is 2.32. The number of nitrogens with zero attached hydrogens (tertiary/aromatic N) is 3. The maximum absolute atomic E-state index is 13.3. The number of rotatable bonds is 7. The number of hydrogen-bond donors (Lipinski definition) is 1. The minimum absolute atomic E-state index is 0.0798. The van der Waals surface area contributed by atoms with Crippen molar-refractivity contribution < 1.29 is 28.6 Å². The zero-order valence-electron chi connectivity index (χ0n) is 19.2. The predicted molar refractivity (Wildman–Crippen MR) is 137 cm³/mol. The van der Waals surface area contributed by atoms with Gasteiger partial charge in [-0.3, -0.25) is 14.5 Å². The molecule has 2 amide bonds. The van der Waals surface area contributed by atoms with Gasteiger partial charge in [0.1, 0.15) is 17.4 Å². The summed E-state index contributed by atoms with van der Waals surface area (Å²) >= 11 is 2.64. The van der Waals surface area contributed by atoms with Gasteiger partial charge in [-0.1, -0.05) is 24.3 Å². The first-order chi connectivity index (χ1) is 17.5. The van der Waals surface area contributed by atoms with Crippen LogP contribution in [0.2, 0.25) is 0 Å². The molecule has 1 atom stereocenters. The number of amides is 2. The first-order valence-electron chi connectivity index (χ1n) is 11.4. The van der Waals surface area contributed by atoms with Crippen LogP contribution < -0.4 is 4.90 Å². The Morgan fingerprint density at radius 1 is 1.19 bits per heavy atom. The Labute approximate surface area is 214 Å². The van der Waals surface area contributed by atoms with E-state index in [0.717, 1.165) is 11.0 Å². The van der Waals surface area contributed by atoms with Gasteiger partial charge < -0.3 is 19.2 Å². The van der Waals surface area contributed by atoms with Gasteiger partial charge in [0.2, 0.25) is 5.91 Å². The van der Waals surface area contributed by atoms with Gasteiger partial charge in [0.25, 0.3) is 5.91 Å². The number of carboxylic acid groups (broad SMARTS) is 1. The number of piperidine rings is 1. The van der Waals surface area contributed by atoms with Gasteiger partial charge in [-0.2, -0.15) is 0 Å². The first-order valence-corrected chi connectivity index (χ1v) is 13.2. The number of anilines is 1. The Balaban J connectivity index is 1.33. The summed E-state index contributed by atoms with van der Waals surface area (Å²) in [4.78, 5) is 45.5. The number of furan rings is 1. The van der Waals surface area contributed by atoms with Crippen molar-refractivity contribution in [2.75, 3.05) is 24.5 Å². The van der Waals surface area contributed by atoms with Gasteiger partial charge in [0.15, 0.2) is 10.9 Å². The van der Waals surface area contributed by atoms with Crippen molar-refractivity contribution >= 4 is 56.7 Å². The van der Waals surface area contributed by atoms with E-state index >= 15 is 0 Å². The van der Waals surface area contributed by atoms with E-state index in [4.69, 9.17) is 14.3 Å². The van der Waals surface area contributed by atoms with Crippen molar-refractivity contribution in [2.45, 2.75) is 25.4 Å². The molecule has 11 heteroatoms. The average Bonchev–Trinajstić information content (AvgIpc) is 3.64. The second kappa shape index (κ2) is 10.5. The third-order valence-electron chi connectivity index (χ3n) is 5.93. The molecule has 1 unspecified atom stereocenters. The van der Waals surface area contributed by atoms with Gasteiger partial charge in [0.05, 0.1) is 11.4 Å². The van der Waals surface area contributed by atoms with Crippen LogP contribution in [0.25, 0.3) is 22.4 Å². The van der Waals surface area contributed by atoms with E-state index in [-0.39, 0.29) is 31.3 Å². The smallest absolute Gasteiger partial charge is 0.454 e. The van der Waals surface area contributed by atoms with E-state index in [0.29, 0.717) is 40.8 Å². The number of thiophene rings is 1. The number of carbonyl (C=O) groups excluding carboxylic acids is 2. The number of carbonyl (C=O) groups is 3. The number of thiazole rings is 1. The molecule has 9 nitrogen and oxygen atoms in total. The zero-order chi connectivity index (χ0) is 25.1. The molecular formula is C25H23N3O6S2. The lowest BCUT2D eigenvalue weighted by atomic mass is 10.1. The Morgan fingerprint density at radius 2 is 2.06 bits per heavy atom. The van der Waals surface area contributed by atoms with Crippen LogP contribution in [0.5, 0.6) is 0 Å². The fourth-order valence-corrected chi connectivity index (χ4v) is 5.71. The normalized spacial score (nSPS) is 15.7. The minimum atomic E-state index is -1.34. The van der Waals surface area contributed by atoms with Crippen LogP contribution in [0.1, 0.15) is 28.9 Å². The molecule has 0 bridgehead atoms. The number of fused-ring (bicyclic) bond motifs is 1. The number of hydrogen-bond acceptors (Lipinski definition) is 8. The summed E-state index contributed by atoms with van der Waals surface area (Å²) in [6, 6.07) is 13.1. The molecule has 1 N–H and O–H groups in total. The molecule has 5 rings (SSSR count). The average molecular weight is 526 g/mol. The molecule has 1 aliphatic rings. The Bertz CT molecular complexity index is 1350. The quantitative estimate of drug-likeness (QED) is 0.324. The molecule has 4 aromatic rings. The second-order valence-electron chi connectivity index (χ2n) is 8.34. The fourth-order valence-electron chi connectivity index (χ4n) is 4.20. The highest BCUT2D eigenvalue weighted by molar-refractivity contribution is 7.14. The Kier molecular flexibility index (Phi) is 7.01. The largest absolute Gasteiger partial charge is 0.506 e. The molecule has 0 radical (unpaired) electrons. The molecule has 4 heterocycles. The molecule has 36 heavy (non-hydrogen) atoms. The lowest BCUT2D eigenvalue weighted by Crippen LogP contribution is -2.45. The highest BCUT2D eigenvalue weighted by atomic mass is 32.1.